The molecule has 0 aromatic carbocycles. The Hall–Kier alpha value is -2.20. The smallest absolute Gasteiger partial charge is 0.356 e. The van der Waals surface area contributed by atoms with E-state index in [0.717, 1.165) is 0 Å². The number of carboxylic acids is 1. The Bertz CT molecular complexity index is 427. The molecule has 1 heterocycles. The van der Waals surface area contributed by atoms with Gasteiger partial charge in [-0.05, 0) is 0 Å². The van der Waals surface area contributed by atoms with Crippen LogP contribution in [0.5, 0.6) is 0 Å². The number of aromatic nitrogens is 2. The molecule has 0 aliphatic rings. The summed E-state index contributed by atoms with van der Waals surface area (Å²) in [4.78, 5) is 20.3. The maximum Gasteiger partial charge on any atom is 0.356 e. The Morgan fingerprint density at radius 1 is 1.50 bits per heavy atom. The highest BCUT2D eigenvalue weighted by molar-refractivity contribution is 5.84. The van der Waals surface area contributed by atoms with Crippen LogP contribution in [0.3, 0.4) is 0 Å². The number of methoxy groups -OCH3 is 1. The normalized spacial score (nSPS) is 9.78. The van der Waals surface area contributed by atoms with Gasteiger partial charge in [0.2, 0.25) is 0 Å². The molecular weight excluding hydrogens is 236 g/mol. The number of ether oxygens (including phenoxy) is 1. The third-order valence-corrected chi connectivity index (χ3v) is 2.24. The number of nitrogens with zero attached hydrogens (tertiary/aromatic N) is 4. The van der Waals surface area contributed by atoms with Gasteiger partial charge in [-0.1, -0.05) is 0 Å². The van der Waals surface area contributed by atoms with E-state index in [1.165, 1.54) is 12.4 Å². The van der Waals surface area contributed by atoms with E-state index in [1.54, 1.807) is 7.11 Å². The van der Waals surface area contributed by atoms with E-state index in [1.807, 2.05) is 11.0 Å². The van der Waals surface area contributed by atoms with Crippen LogP contribution in [0.15, 0.2) is 12.4 Å². The van der Waals surface area contributed by atoms with Crippen LogP contribution in [0.4, 0.5) is 5.82 Å². The molecular formula is C11H14N4O3. The summed E-state index contributed by atoms with van der Waals surface area (Å²) >= 11 is 0. The number of nitriles is 1. The van der Waals surface area contributed by atoms with Crippen LogP contribution >= 0.6 is 0 Å². The zero-order valence-corrected chi connectivity index (χ0v) is 10.0. The first kappa shape index (κ1) is 13.9. The van der Waals surface area contributed by atoms with Crippen LogP contribution in [0.25, 0.3) is 0 Å². The van der Waals surface area contributed by atoms with Gasteiger partial charge < -0.3 is 14.7 Å². The van der Waals surface area contributed by atoms with E-state index in [9.17, 15) is 4.79 Å². The highest BCUT2D eigenvalue weighted by Crippen LogP contribution is 2.09. The standard InChI is InChI=1S/C11H14N4O3/c1-18-6-5-15(4-2-3-12)10-8-13-9(7-14-10)11(16)17/h7-8H,2,4-6H2,1H3,(H,16,17). The van der Waals surface area contributed by atoms with Crippen LogP contribution in [0.2, 0.25) is 0 Å². The first-order valence-electron chi connectivity index (χ1n) is 5.35. The van der Waals surface area contributed by atoms with E-state index >= 15 is 0 Å². The summed E-state index contributed by atoms with van der Waals surface area (Å²) in [6.45, 7) is 1.56. The second kappa shape index (κ2) is 7.19. The molecule has 96 valence electrons. The zero-order chi connectivity index (χ0) is 13.4. The minimum Gasteiger partial charge on any atom is -0.476 e. The first-order chi connectivity index (χ1) is 8.69. The van der Waals surface area contributed by atoms with Crippen molar-refractivity contribution in [1.82, 2.24) is 9.97 Å². The minimum absolute atomic E-state index is 0.106. The molecule has 18 heavy (non-hydrogen) atoms. The summed E-state index contributed by atoms with van der Waals surface area (Å²) < 4.78 is 4.97. The molecule has 1 N–H and O–H groups in total. The topological polar surface area (TPSA) is 99.3 Å². The zero-order valence-electron chi connectivity index (χ0n) is 10.0. The maximum atomic E-state index is 10.6. The van der Waals surface area contributed by atoms with E-state index in [-0.39, 0.29) is 5.69 Å². The number of carbonyl (C=O) groups is 1. The fourth-order valence-corrected chi connectivity index (χ4v) is 1.32. The van der Waals surface area contributed by atoms with Crippen LogP contribution in [0.1, 0.15) is 16.9 Å². The summed E-state index contributed by atoms with van der Waals surface area (Å²) in [5.74, 6) is -0.582. The Balaban J connectivity index is 2.77. The lowest BCUT2D eigenvalue weighted by atomic mass is 10.4. The molecule has 0 unspecified atom stereocenters. The lowest BCUT2D eigenvalue weighted by Crippen LogP contribution is -2.29. The van der Waals surface area contributed by atoms with Gasteiger partial charge in [-0.2, -0.15) is 5.26 Å². The van der Waals surface area contributed by atoms with Gasteiger partial charge in [0.15, 0.2) is 5.69 Å². The predicted molar refractivity (Wildman–Crippen MR) is 63.3 cm³/mol. The summed E-state index contributed by atoms with van der Waals surface area (Å²) in [6.07, 6.45) is 2.94. The highest BCUT2D eigenvalue weighted by atomic mass is 16.5. The Morgan fingerprint density at radius 2 is 2.28 bits per heavy atom. The summed E-state index contributed by atoms with van der Waals surface area (Å²) in [5.41, 5.74) is -0.106. The third kappa shape index (κ3) is 3.99. The molecule has 0 amide bonds. The molecule has 0 bridgehead atoms. The van der Waals surface area contributed by atoms with Gasteiger partial charge in [0.05, 0.1) is 31.5 Å². The SMILES string of the molecule is COCCN(CCC#N)c1cnc(C(=O)O)cn1. The number of aromatic carboxylic acids is 1. The molecule has 0 spiro atoms. The largest absolute Gasteiger partial charge is 0.476 e. The Kier molecular flexibility index (Phi) is 5.54. The maximum absolute atomic E-state index is 10.6. The molecule has 1 rings (SSSR count). The molecule has 1 aromatic rings. The van der Waals surface area contributed by atoms with Gasteiger partial charge in [0.1, 0.15) is 5.82 Å². The molecule has 0 saturated heterocycles. The fourth-order valence-electron chi connectivity index (χ4n) is 1.32. The first-order valence-corrected chi connectivity index (χ1v) is 5.35. The number of hydrogen-bond acceptors (Lipinski definition) is 6. The molecule has 1 aromatic heterocycles. The van der Waals surface area contributed by atoms with Crippen molar-refractivity contribution < 1.29 is 14.6 Å². The van der Waals surface area contributed by atoms with Gasteiger partial charge in [0.25, 0.3) is 0 Å². The molecule has 7 heteroatoms. The van der Waals surface area contributed by atoms with E-state index < -0.39 is 5.97 Å². The number of hydrogen-bond donors (Lipinski definition) is 1. The van der Waals surface area contributed by atoms with Gasteiger partial charge in [-0.25, -0.2) is 14.8 Å². The molecule has 0 aliphatic carbocycles. The van der Waals surface area contributed by atoms with E-state index in [0.29, 0.717) is 31.9 Å². The van der Waals surface area contributed by atoms with Gasteiger partial charge in [0, 0.05) is 20.2 Å². The van der Waals surface area contributed by atoms with Crippen molar-refractivity contribution in [2.24, 2.45) is 0 Å². The monoisotopic (exact) mass is 250 g/mol. The van der Waals surface area contributed by atoms with E-state index in [4.69, 9.17) is 15.1 Å². The molecule has 7 nitrogen and oxygen atoms in total. The van der Waals surface area contributed by atoms with Crippen LogP contribution in [0, 0.1) is 11.3 Å². The molecule has 0 fully saturated rings. The number of carboxylic acid groups (broad SMARTS) is 1. The average molecular weight is 250 g/mol. The molecule has 0 saturated carbocycles. The second-order valence-corrected chi connectivity index (χ2v) is 3.45. The molecule has 0 radical (unpaired) electrons. The van der Waals surface area contributed by atoms with Crippen molar-refractivity contribution in [2.75, 3.05) is 31.7 Å². The summed E-state index contributed by atoms with van der Waals surface area (Å²) in [7, 11) is 1.58. The van der Waals surface area contributed by atoms with Crippen molar-refractivity contribution in [3.63, 3.8) is 0 Å². The van der Waals surface area contributed by atoms with Crippen molar-refractivity contribution in [1.29, 1.82) is 5.26 Å². The quantitative estimate of drug-likeness (QED) is 0.753. The fraction of sp³-hybridized carbons (Fsp3) is 0.455. The van der Waals surface area contributed by atoms with Crippen molar-refractivity contribution >= 4 is 11.8 Å². The Labute approximate surface area is 105 Å². The van der Waals surface area contributed by atoms with E-state index in [2.05, 4.69) is 9.97 Å². The summed E-state index contributed by atoms with van der Waals surface area (Å²) in [5, 5.41) is 17.3. The summed E-state index contributed by atoms with van der Waals surface area (Å²) in [6, 6.07) is 2.05. The van der Waals surface area contributed by atoms with Crippen molar-refractivity contribution in [3.05, 3.63) is 18.1 Å². The highest BCUT2D eigenvalue weighted by Gasteiger charge is 2.10. The second-order valence-electron chi connectivity index (χ2n) is 3.45. The van der Waals surface area contributed by atoms with Crippen LogP contribution in [-0.4, -0.2) is 47.8 Å². The van der Waals surface area contributed by atoms with Crippen molar-refractivity contribution in [2.45, 2.75) is 6.42 Å². The predicted octanol–water partition coefficient (Wildman–Crippen LogP) is 0.541. The average Bonchev–Trinajstić information content (AvgIpc) is 2.39. The number of rotatable bonds is 7. The van der Waals surface area contributed by atoms with Gasteiger partial charge in [-0.3, -0.25) is 0 Å². The minimum atomic E-state index is -1.12. The van der Waals surface area contributed by atoms with Gasteiger partial charge >= 0.3 is 5.97 Å². The third-order valence-electron chi connectivity index (χ3n) is 2.24. The van der Waals surface area contributed by atoms with Crippen LogP contribution < -0.4 is 4.90 Å². The Morgan fingerprint density at radius 3 is 2.78 bits per heavy atom. The lowest BCUT2D eigenvalue weighted by molar-refractivity contribution is 0.0690. The molecule has 0 aliphatic heterocycles. The lowest BCUT2D eigenvalue weighted by Gasteiger charge is -2.21. The number of anilines is 1. The van der Waals surface area contributed by atoms with Crippen molar-refractivity contribution in [3.8, 4) is 6.07 Å². The molecule has 0 atom stereocenters. The van der Waals surface area contributed by atoms with Crippen LogP contribution in [-0.2, 0) is 4.74 Å². The van der Waals surface area contributed by atoms with Gasteiger partial charge in [-0.15, -0.1) is 0 Å².